The molecule has 0 amide bonds. The van der Waals surface area contributed by atoms with Crippen LogP contribution in [0.4, 0.5) is 0 Å². The molecule has 0 unspecified atom stereocenters. The molecular weight excluding hydrogens is 314 g/mol. The first-order chi connectivity index (χ1) is 12.0. The molecule has 0 atom stereocenters. The standard InChI is InChI=1S/C19H35N5O/c1-5-20-18(21-10-7-6-9-19(2,3)4)24-13-11-23(12-14-24)16-17-8-15-25-22-17/h8,15H,5-7,9-14,16H2,1-4H3,(H,20,21). The zero-order valence-corrected chi connectivity index (χ0v) is 16.4. The maximum absolute atomic E-state index is 4.92. The summed E-state index contributed by atoms with van der Waals surface area (Å²) in [7, 11) is 0. The zero-order chi connectivity index (χ0) is 18.1. The molecule has 0 bridgehead atoms. The van der Waals surface area contributed by atoms with E-state index in [-0.39, 0.29) is 0 Å². The summed E-state index contributed by atoms with van der Waals surface area (Å²) in [6.45, 7) is 15.8. The molecule has 0 aliphatic carbocycles. The fourth-order valence-corrected chi connectivity index (χ4v) is 3.04. The number of aromatic nitrogens is 1. The van der Waals surface area contributed by atoms with Gasteiger partial charge in [0.1, 0.15) is 6.26 Å². The second-order valence-electron chi connectivity index (χ2n) is 8.01. The van der Waals surface area contributed by atoms with Gasteiger partial charge in [-0.2, -0.15) is 0 Å². The van der Waals surface area contributed by atoms with Crippen LogP contribution in [0.2, 0.25) is 0 Å². The minimum absolute atomic E-state index is 0.425. The van der Waals surface area contributed by atoms with Gasteiger partial charge in [0.25, 0.3) is 0 Å². The normalized spacial score (nSPS) is 17.1. The fraction of sp³-hybridized carbons (Fsp3) is 0.789. The van der Waals surface area contributed by atoms with E-state index >= 15 is 0 Å². The van der Waals surface area contributed by atoms with Gasteiger partial charge < -0.3 is 14.7 Å². The second kappa shape index (κ2) is 9.80. The number of nitrogens with zero attached hydrogens (tertiary/aromatic N) is 4. The van der Waals surface area contributed by atoms with Gasteiger partial charge in [-0.3, -0.25) is 9.89 Å². The Kier molecular flexibility index (Phi) is 7.75. The van der Waals surface area contributed by atoms with Crippen LogP contribution in [0, 0.1) is 5.41 Å². The Morgan fingerprint density at radius 3 is 2.60 bits per heavy atom. The maximum atomic E-state index is 4.92. The minimum atomic E-state index is 0.425. The molecule has 1 saturated heterocycles. The molecule has 1 aliphatic heterocycles. The summed E-state index contributed by atoms with van der Waals surface area (Å²) in [6.07, 6.45) is 5.32. The molecule has 1 aromatic heterocycles. The summed E-state index contributed by atoms with van der Waals surface area (Å²) in [5.41, 5.74) is 1.43. The van der Waals surface area contributed by atoms with Crippen LogP contribution in [-0.4, -0.2) is 60.2 Å². The Morgan fingerprint density at radius 1 is 1.24 bits per heavy atom. The first-order valence-corrected chi connectivity index (χ1v) is 9.63. The predicted molar refractivity (Wildman–Crippen MR) is 103 cm³/mol. The number of unbranched alkanes of at least 4 members (excludes halogenated alkanes) is 1. The van der Waals surface area contributed by atoms with E-state index in [0.29, 0.717) is 5.41 Å². The highest BCUT2D eigenvalue weighted by Gasteiger charge is 2.20. The maximum Gasteiger partial charge on any atom is 0.194 e. The molecular formula is C19H35N5O. The van der Waals surface area contributed by atoms with Crippen molar-refractivity contribution in [3.63, 3.8) is 0 Å². The van der Waals surface area contributed by atoms with E-state index in [1.165, 1.54) is 12.8 Å². The van der Waals surface area contributed by atoms with Crippen molar-refractivity contribution >= 4 is 5.96 Å². The summed E-state index contributed by atoms with van der Waals surface area (Å²) in [5.74, 6) is 1.07. The molecule has 2 rings (SSSR count). The topological polar surface area (TPSA) is 56.9 Å². The van der Waals surface area contributed by atoms with Crippen LogP contribution in [0.25, 0.3) is 0 Å². The molecule has 0 radical (unpaired) electrons. The molecule has 0 saturated carbocycles. The highest BCUT2D eigenvalue weighted by atomic mass is 16.5. The minimum Gasteiger partial charge on any atom is -0.364 e. The van der Waals surface area contributed by atoms with Crippen molar-refractivity contribution in [1.29, 1.82) is 0 Å². The van der Waals surface area contributed by atoms with Gasteiger partial charge in [0.05, 0.1) is 5.69 Å². The summed E-state index contributed by atoms with van der Waals surface area (Å²) in [6, 6.07) is 1.94. The average molecular weight is 350 g/mol. The molecule has 6 nitrogen and oxygen atoms in total. The third kappa shape index (κ3) is 7.46. The van der Waals surface area contributed by atoms with Gasteiger partial charge in [-0.05, 0) is 25.2 Å². The Bertz CT molecular complexity index is 498. The Labute approximate surface area is 152 Å². The fourth-order valence-electron chi connectivity index (χ4n) is 3.04. The van der Waals surface area contributed by atoms with Gasteiger partial charge in [0, 0.05) is 51.9 Å². The zero-order valence-electron chi connectivity index (χ0n) is 16.4. The number of piperazine rings is 1. The third-order valence-electron chi connectivity index (χ3n) is 4.48. The lowest BCUT2D eigenvalue weighted by Crippen LogP contribution is -2.52. The van der Waals surface area contributed by atoms with Crippen LogP contribution < -0.4 is 5.32 Å². The number of rotatable bonds is 7. The van der Waals surface area contributed by atoms with E-state index in [1.807, 2.05) is 6.07 Å². The predicted octanol–water partition coefficient (Wildman–Crippen LogP) is 2.97. The smallest absolute Gasteiger partial charge is 0.194 e. The van der Waals surface area contributed by atoms with E-state index in [9.17, 15) is 0 Å². The molecule has 0 spiro atoms. The molecule has 142 valence electrons. The van der Waals surface area contributed by atoms with Crippen molar-refractivity contribution in [2.75, 3.05) is 39.3 Å². The molecule has 0 aromatic carbocycles. The number of guanidine groups is 1. The summed E-state index contributed by atoms with van der Waals surface area (Å²) in [4.78, 5) is 9.64. The summed E-state index contributed by atoms with van der Waals surface area (Å²) < 4.78 is 4.92. The lowest BCUT2D eigenvalue weighted by Gasteiger charge is -2.36. The molecule has 2 heterocycles. The van der Waals surface area contributed by atoms with Crippen LogP contribution in [0.15, 0.2) is 21.8 Å². The van der Waals surface area contributed by atoms with E-state index in [0.717, 1.165) is 63.9 Å². The largest absolute Gasteiger partial charge is 0.364 e. The van der Waals surface area contributed by atoms with Crippen LogP contribution >= 0.6 is 0 Å². The highest BCUT2D eigenvalue weighted by Crippen LogP contribution is 2.21. The average Bonchev–Trinajstić information content (AvgIpc) is 3.06. The van der Waals surface area contributed by atoms with Crippen molar-refractivity contribution in [2.24, 2.45) is 10.4 Å². The van der Waals surface area contributed by atoms with Crippen molar-refractivity contribution in [2.45, 2.75) is 53.5 Å². The van der Waals surface area contributed by atoms with Gasteiger partial charge in [0.2, 0.25) is 0 Å². The molecule has 25 heavy (non-hydrogen) atoms. The SMILES string of the molecule is CCNC(=NCCCCC(C)(C)C)N1CCN(Cc2ccon2)CC1. The van der Waals surface area contributed by atoms with Crippen molar-refractivity contribution in [1.82, 2.24) is 20.3 Å². The highest BCUT2D eigenvalue weighted by molar-refractivity contribution is 5.80. The molecule has 1 aliphatic rings. The molecule has 1 fully saturated rings. The number of aliphatic imine (C=N–C) groups is 1. The van der Waals surface area contributed by atoms with E-state index in [1.54, 1.807) is 6.26 Å². The number of hydrogen-bond acceptors (Lipinski definition) is 4. The summed E-state index contributed by atoms with van der Waals surface area (Å²) >= 11 is 0. The van der Waals surface area contributed by atoms with Crippen molar-refractivity contribution < 1.29 is 4.52 Å². The second-order valence-corrected chi connectivity index (χ2v) is 8.01. The van der Waals surface area contributed by atoms with E-state index < -0.39 is 0 Å². The van der Waals surface area contributed by atoms with Gasteiger partial charge >= 0.3 is 0 Å². The number of hydrogen-bond donors (Lipinski definition) is 1. The monoisotopic (exact) mass is 349 g/mol. The van der Waals surface area contributed by atoms with Crippen LogP contribution in [0.1, 0.15) is 52.7 Å². The Balaban J connectivity index is 1.75. The van der Waals surface area contributed by atoms with E-state index in [4.69, 9.17) is 9.52 Å². The lowest BCUT2D eigenvalue weighted by molar-refractivity contribution is 0.169. The quantitative estimate of drug-likeness (QED) is 0.466. The van der Waals surface area contributed by atoms with Gasteiger partial charge in [0.15, 0.2) is 5.96 Å². The first kappa shape index (κ1) is 19.8. The van der Waals surface area contributed by atoms with Crippen LogP contribution in [-0.2, 0) is 6.54 Å². The Morgan fingerprint density at radius 2 is 2.00 bits per heavy atom. The van der Waals surface area contributed by atoms with E-state index in [2.05, 4.69) is 48.0 Å². The van der Waals surface area contributed by atoms with Gasteiger partial charge in [-0.25, -0.2) is 0 Å². The van der Waals surface area contributed by atoms with Crippen LogP contribution in [0.5, 0.6) is 0 Å². The van der Waals surface area contributed by atoms with Gasteiger partial charge in [-0.1, -0.05) is 32.3 Å². The van der Waals surface area contributed by atoms with Gasteiger partial charge in [-0.15, -0.1) is 0 Å². The lowest BCUT2D eigenvalue weighted by atomic mass is 9.90. The molecule has 1 aromatic rings. The molecule has 6 heteroatoms. The molecule has 1 N–H and O–H groups in total. The summed E-state index contributed by atoms with van der Waals surface area (Å²) in [5, 5.41) is 7.45. The number of nitrogens with one attached hydrogen (secondary N) is 1. The third-order valence-corrected chi connectivity index (χ3v) is 4.48. The Hall–Kier alpha value is -1.56. The van der Waals surface area contributed by atoms with Crippen LogP contribution in [0.3, 0.4) is 0 Å². The first-order valence-electron chi connectivity index (χ1n) is 9.63. The van der Waals surface area contributed by atoms with Crippen molar-refractivity contribution in [3.8, 4) is 0 Å². The van der Waals surface area contributed by atoms with Crippen molar-refractivity contribution in [3.05, 3.63) is 18.0 Å².